The van der Waals surface area contributed by atoms with Crippen LogP contribution in [0.15, 0.2) is 67.3 Å². The van der Waals surface area contributed by atoms with E-state index < -0.39 is 17.0 Å². The molecule has 0 aliphatic rings. The van der Waals surface area contributed by atoms with Crippen molar-refractivity contribution in [3.63, 3.8) is 0 Å². The topological polar surface area (TPSA) is 87.6 Å². The summed E-state index contributed by atoms with van der Waals surface area (Å²) < 4.78 is 20.9. The third kappa shape index (κ3) is 6.74. The van der Waals surface area contributed by atoms with Gasteiger partial charge in [-0.1, -0.05) is 30.0 Å². The summed E-state index contributed by atoms with van der Waals surface area (Å²) in [7, 11) is 25.3. The number of carbonyl (C=O) groups excluding carboxylic acids is 1. The predicted octanol–water partition coefficient (Wildman–Crippen LogP) is 3.34. The summed E-state index contributed by atoms with van der Waals surface area (Å²) >= 11 is 0. The van der Waals surface area contributed by atoms with Crippen LogP contribution in [-0.4, -0.2) is 90.2 Å². The number of ether oxygens (including phenoxy) is 1. The molecule has 0 atom stereocenters. The van der Waals surface area contributed by atoms with E-state index in [-0.39, 0.29) is 5.95 Å². The van der Waals surface area contributed by atoms with Crippen LogP contribution >= 0.6 is 0 Å². The Hall–Kier alpha value is -4.25. The molecule has 2 N–H and O–H groups in total. The molecule has 204 valence electrons. The molecule has 6 radical (unpaired) electrons. The van der Waals surface area contributed by atoms with Gasteiger partial charge in [-0.2, -0.15) is 0 Å². The molecule has 0 aliphatic heterocycles. The van der Waals surface area contributed by atoms with Gasteiger partial charge in [0, 0.05) is 55.1 Å². The number of halogens is 1. The number of carbonyl (C=O) groups is 1. The number of hydrogen-bond donors (Lipinski definition) is 2. The van der Waals surface area contributed by atoms with E-state index >= 15 is 0 Å². The first-order valence-corrected chi connectivity index (χ1v) is 12.7. The van der Waals surface area contributed by atoms with E-state index in [9.17, 15) is 9.18 Å². The highest BCUT2D eigenvalue weighted by atomic mass is 19.1. The van der Waals surface area contributed by atoms with Gasteiger partial charge in [0.15, 0.2) is 5.83 Å². The van der Waals surface area contributed by atoms with Crippen LogP contribution in [0.5, 0.6) is 5.75 Å². The molecule has 0 aliphatic carbocycles. The van der Waals surface area contributed by atoms with Crippen LogP contribution in [0.4, 0.5) is 27.4 Å². The van der Waals surface area contributed by atoms with Gasteiger partial charge >= 0.3 is 0 Å². The van der Waals surface area contributed by atoms with Crippen molar-refractivity contribution in [2.75, 3.05) is 56.9 Å². The Labute approximate surface area is 243 Å². The molecule has 2 aromatic heterocycles. The third-order valence-electron chi connectivity index (χ3n) is 6.41. The number of nitrogens with zero attached hydrogens (tertiary/aromatic N) is 5. The van der Waals surface area contributed by atoms with Crippen LogP contribution in [-0.2, 0) is 10.0 Å². The molecule has 4 rings (SSSR count). The van der Waals surface area contributed by atoms with Crippen molar-refractivity contribution in [3.05, 3.63) is 67.3 Å². The first-order valence-electron chi connectivity index (χ1n) is 12.7. The van der Waals surface area contributed by atoms with Gasteiger partial charge in [-0.25, -0.2) is 14.4 Å². The number of benzene rings is 2. The van der Waals surface area contributed by atoms with Crippen LogP contribution in [0.2, 0.25) is 0 Å². The first kappa shape index (κ1) is 29.7. The summed E-state index contributed by atoms with van der Waals surface area (Å²) in [6.45, 7) is 4.49. The number of para-hydroxylation sites is 1. The molecule has 0 unspecified atom stereocenters. The Balaban J connectivity index is 1.74. The number of fused-ring (bicyclic) bond motifs is 1. The highest BCUT2D eigenvalue weighted by Crippen LogP contribution is 2.38. The molecule has 0 saturated heterocycles. The van der Waals surface area contributed by atoms with Crippen molar-refractivity contribution >= 4 is 63.4 Å². The number of aromatic nitrogens is 3. The minimum absolute atomic E-state index is 0.248. The number of likely N-dealkylation sites (N-methyl/N-ethyl adjacent to an activating group) is 2. The fourth-order valence-electron chi connectivity index (χ4n) is 4.31. The summed E-state index contributed by atoms with van der Waals surface area (Å²) in [5.41, 5.74) is 3.50. The van der Waals surface area contributed by atoms with Gasteiger partial charge in [0.25, 0.3) is 5.91 Å². The van der Waals surface area contributed by atoms with Gasteiger partial charge in [0.1, 0.15) is 5.75 Å². The van der Waals surface area contributed by atoms with Gasteiger partial charge in [0.2, 0.25) is 5.95 Å². The lowest BCUT2D eigenvalue weighted by Gasteiger charge is -2.26. The number of methoxy groups -OCH3 is 1. The fourth-order valence-corrected chi connectivity index (χ4v) is 4.31. The fraction of sp³-hybridized carbons (Fsp3) is 0.250. The van der Waals surface area contributed by atoms with E-state index in [0.717, 1.165) is 23.0 Å². The van der Waals surface area contributed by atoms with Gasteiger partial charge in [-0.3, -0.25) is 4.79 Å². The molecule has 13 heteroatoms. The molecule has 0 saturated carbocycles. The van der Waals surface area contributed by atoms with Gasteiger partial charge < -0.3 is 29.7 Å². The molecule has 0 bridgehead atoms. The largest absolute Gasteiger partial charge is 0.494 e. The SMILES string of the molecule is [B]C([B])([B])n1cc(-c2ccnc(Nc3cc(NC(=O)C(=C)F)c(N(C)CCN(C)C)cc3OC)n2)c2ccccc21. The lowest BCUT2D eigenvalue weighted by Crippen LogP contribution is -2.34. The number of hydrogen-bond acceptors (Lipinski definition) is 7. The number of amides is 1. The maximum atomic E-state index is 13.6. The molecule has 4 aromatic rings. The minimum Gasteiger partial charge on any atom is -0.494 e. The Kier molecular flexibility index (Phi) is 8.77. The Bertz CT molecular complexity index is 1590. The monoisotopic (exact) mass is 547 g/mol. The van der Waals surface area contributed by atoms with Crippen molar-refractivity contribution in [2.45, 2.75) is 5.24 Å². The molecule has 1 amide bonds. The first-order chi connectivity index (χ1) is 19.4. The second-order valence-corrected chi connectivity index (χ2v) is 9.86. The van der Waals surface area contributed by atoms with Crippen LogP contribution in [0.1, 0.15) is 0 Å². The lowest BCUT2D eigenvalue weighted by molar-refractivity contribution is -0.114. The van der Waals surface area contributed by atoms with E-state index in [1.807, 2.05) is 55.2 Å². The standard InChI is InChI=1S/C28H29B3FN7O2/c1-17(32)26(40)34-21-14-22(25(41-5)15-24(21)38(4)13-12-37(2)3)36-27-33-11-10-20(35-27)19-16-39(28(29,30)31)23-9-7-6-8-18(19)23/h6-11,14-16H,1,12-13H2,2-5H3,(H,34,40)(H,33,35,36). The molecule has 0 fully saturated rings. The zero-order chi connectivity index (χ0) is 29.9. The highest BCUT2D eigenvalue weighted by molar-refractivity contribution is 6.57. The van der Waals surface area contributed by atoms with E-state index in [2.05, 4.69) is 22.2 Å². The minimum atomic E-state index is -1.62. The van der Waals surface area contributed by atoms with Crippen molar-refractivity contribution in [1.82, 2.24) is 19.4 Å². The van der Waals surface area contributed by atoms with Crippen LogP contribution < -0.4 is 20.3 Å². The maximum Gasteiger partial charge on any atom is 0.283 e. The number of nitrogens with one attached hydrogen (secondary N) is 2. The smallest absolute Gasteiger partial charge is 0.283 e. The normalized spacial score (nSPS) is 11.5. The van der Waals surface area contributed by atoms with E-state index in [4.69, 9.17) is 33.3 Å². The number of rotatable bonds is 11. The molecule has 41 heavy (non-hydrogen) atoms. The highest BCUT2D eigenvalue weighted by Gasteiger charge is 2.20. The maximum absolute atomic E-state index is 13.6. The van der Waals surface area contributed by atoms with Gasteiger partial charge in [0.05, 0.1) is 53.4 Å². The van der Waals surface area contributed by atoms with Crippen LogP contribution in [0, 0.1) is 0 Å². The van der Waals surface area contributed by atoms with Crippen molar-refractivity contribution in [1.29, 1.82) is 0 Å². The van der Waals surface area contributed by atoms with E-state index in [1.54, 1.807) is 35.2 Å². The molecular formula is C28H29B3FN7O2. The van der Waals surface area contributed by atoms with Crippen molar-refractivity contribution in [3.8, 4) is 17.0 Å². The number of anilines is 4. The van der Waals surface area contributed by atoms with Crippen LogP contribution in [0.25, 0.3) is 22.2 Å². The summed E-state index contributed by atoms with van der Waals surface area (Å²) in [6.07, 6.45) is 3.34. The van der Waals surface area contributed by atoms with Crippen LogP contribution in [0.3, 0.4) is 0 Å². The van der Waals surface area contributed by atoms with Gasteiger partial charge in [-0.15, -0.1) is 0 Å². The summed E-state index contributed by atoms with van der Waals surface area (Å²) in [4.78, 5) is 25.3. The van der Waals surface area contributed by atoms with E-state index in [0.29, 0.717) is 35.1 Å². The molecular weight excluding hydrogens is 518 g/mol. The molecule has 2 aromatic carbocycles. The predicted molar refractivity (Wildman–Crippen MR) is 165 cm³/mol. The second-order valence-electron chi connectivity index (χ2n) is 9.86. The summed E-state index contributed by atoms with van der Waals surface area (Å²) in [5, 5.41) is 4.97. The molecule has 9 nitrogen and oxygen atoms in total. The quantitative estimate of drug-likeness (QED) is 0.220. The summed E-state index contributed by atoms with van der Waals surface area (Å²) in [6, 6.07) is 12.7. The summed E-state index contributed by atoms with van der Waals surface area (Å²) in [5.74, 6) is -1.35. The lowest BCUT2D eigenvalue weighted by atomic mass is 9.49. The van der Waals surface area contributed by atoms with Crippen molar-refractivity contribution < 1.29 is 13.9 Å². The molecule has 0 spiro atoms. The zero-order valence-electron chi connectivity index (χ0n) is 23.5. The Morgan fingerprint density at radius 3 is 2.51 bits per heavy atom. The molecule has 2 heterocycles. The Morgan fingerprint density at radius 2 is 1.85 bits per heavy atom. The van der Waals surface area contributed by atoms with Crippen molar-refractivity contribution in [2.24, 2.45) is 0 Å². The average molecular weight is 547 g/mol. The second kappa shape index (κ2) is 12.1. The van der Waals surface area contributed by atoms with E-state index in [1.165, 1.54) is 7.11 Å². The zero-order valence-corrected chi connectivity index (χ0v) is 23.5. The van der Waals surface area contributed by atoms with Gasteiger partial charge in [-0.05, 0) is 32.3 Å². The third-order valence-corrected chi connectivity index (χ3v) is 6.41. The average Bonchev–Trinajstić information content (AvgIpc) is 3.32. The Morgan fingerprint density at radius 1 is 1.12 bits per heavy atom.